The van der Waals surface area contributed by atoms with Crippen LogP contribution in [0.3, 0.4) is 0 Å². The van der Waals surface area contributed by atoms with Gasteiger partial charge in [-0.1, -0.05) is 24.3 Å². The van der Waals surface area contributed by atoms with Gasteiger partial charge in [-0.15, -0.1) is 0 Å². The minimum Gasteiger partial charge on any atom is -0.492 e. The number of hydrogen-bond acceptors (Lipinski definition) is 8. The standard InChI is InChI=1S/C21H23N5O3/c1-4-29-17-12-8-6-10-15(17)25-19-18(22)20(24-13-23-19)26(2)16-11-7-5-9-14(16)21(27)28-3/h5-13H,4,22H2,1-3H3,(H,23,24,25). The van der Waals surface area contributed by atoms with Crippen molar-refractivity contribution in [3.63, 3.8) is 0 Å². The van der Waals surface area contributed by atoms with E-state index in [2.05, 4.69) is 15.3 Å². The third-order valence-corrected chi connectivity index (χ3v) is 4.29. The highest BCUT2D eigenvalue weighted by molar-refractivity contribution is 5.97. The van der Waals surface area contributed by atoms with E-state index in [1.165, 1.54) is 13.4 Å². The van der Waals surface area contributed by atoms with Crippen LogP contribution in [0.5, 0.6) is 5.75 Å². The first-order valence-electron chi connectivity index (χ1n) is 9.07. The van der Waals surface area contributed by atoms with Crippen molar-refractivity contribution < 1.29 is 14.3 Å². The molecule has 0 atom stereocenters. The van der Waals surface area contributed by atoms with Crippen molar-refractivity contribution in [3.05, 3.63) is 60.4 Å². The Bertz CT molecular complexity index is 1010. The summed E-state index contributed by atoms with van der Waals surface area (Å²) in [5.74, 6) is 1.14. The summed E-state index contributed by atoms with van der Waals surface area (Å²) in [4.78, 5) is 22.4. The maximum Gasteiger partial charge on any atom is 0.339 e. The van der Waals surface area contributed by atoms with Gasteiger partial charge in [-0.05, 0) is 31.2 Å². The van der Waals surface area contributed by atoms with E-state index in [9.17, 15) is 4.79 Å². The lowest BCUT2D eigenvalue weighted by molar-refractivity contribution is 0.0601. The molecular formula is C21H23N5O3. The zero-order valence-electron chi connectivity index (χ0n) is 16.5. The lowest BCUT2D eigenvalue weighted by Gasteiger charge is -2.23. The molecule has 8 heteroatoms. The summed E-state index contributed by atoms with van der Waals surface area (Å²) < 4.78 is 10.5. The molecule has 3 N–H and O–H groups in total. The Morgan fingerprint density at radius 1 is 1.14 bits per heavy atom. The molecule has 8 nitrogen and oxygen atoms in total. The predicted octanol–water partition coefficient (Wildman–Crippen LogP) is 3.76. The molecule has 150 valence electrons. The van der Waals surface area contributed by atoms with E-state index in [1.54, 1.807) is 30.1 Å². The molecule has 3 aromatic rings. The number of nitrogens with zero attached hydrogens (tertiary/aromatic N) is 3. The zero-order chi connectivity index (χ0) is 20.8. The molecule has 29 heavy (non-hydrogen) atoms. The Morgan fingerprint density at radius 2 is 1.86 bits per heavy atom. The second-order valence-electron chi connectivity index (χ2n) is 6.08. The van der Waals surface area contributed by atoms with Crippen molar-refractivity contribution in [3.8, 4) is 5.75 Å². The summed E-state index contributed by atoms with van der Waals surface area (Å²) >= 11 is 0. The number of esters is 1. The molecular weight excluding hydrogens is 370 g/mol. The highest BCUT2D eigenvalue weighted by Crippen LogP contribution is 2.35. The molecule has 0 aliphatic rings. The van der Waals surface area contributed by atoms with Crippen molar-refractivity contribution in [2.75, 3.05) is 36.7 Å². The van der Waals surface area contributed by atoms with Gasteiger partial charge in [0.25, 0.3) is 0 Å². The Morgan fingerprint density at radius 3 is 2.62 bits per heavy atom. The van der Waals surface area contributed by atoms with Gasteiger partial charge in [0.2, 0.25) is 0 Å². The van der Waals surface area contributed by atoms with Gasteiger partial charge < -0.3 is 25.4 Å². The molecule has 0 spiro atoms. The number of methoxy groups -OCH3 is 1. The monoisotopic (exact) mass is 393 g/mol. The van der Waals surface area contributed by atoms with E-state index in [-0.39, 0.29) is 0 Å². The molecule has 0 fully saturated rings. The third-order valence-electron chi connectivity index (χ3n) is 4.29. The van der Waals surface area contributed by atoms with Gasteiger partial charge in [0.05, 0.1) is 30.7 Å². The summed E-state index contributed by atoms with van der Waals surface area (Å²) in [6, 6.07) is 14.6. The Balaban J connectivity index is 1.97. The summed E-state index contributed by atoms with van der Waals surface area (Å²) in [5.41, 5.74) is 8.46. The van der Waals surface area contributed by atoms with E-state index in [0.29, 0.717) is 40.9 Å². The van der Waals surface area contributed by atoms with Crippen LogP contribution in [0.1, 0.15) is 17.3 Å². The molecule has 0 radical (unpaired) electrons. The fourth-order valence-electron chi connectivity index (χ4n) is 2.89. The summed E-state index contributed by atoms with van der Waals surface area (Å²) in [6.07, 6.45) is 1.41. The smallest absolute Gasteiger partial charge is 0.339 e. The molecule has 0 bridgehead atoms. The molecule has 2 aromatic carbocycles. The van der Waals surface area contributed by atoms with Crippen LogP contribution < -0.4 is 20.7 Å². The highest BCUT2D eigenvalue weighted by atomic mass is 16.5. The minimum atomic E-state index is -0.441. The lowest BCUT2D eigenvalue weighted by atomic mass is 10.1. The number of para-hydroxylation sites is 3. The fraction of sp³-hybridized carbons (Fsp3) is 0.190. The van der Waals surface area contributed by atoms with Gasteiger partial charge in [-0.2, -0.15) is 0 Å². The van der Waals surface area contributed by atoms with Gasteiger partial charge in [0.15, 0.2) is 11.6 Å². The molecule has 0 amide bonds. The second-order valence-corrected chi connectivity index (χ2v) is 6.08. The summed E-state index contributed by atoms with van der Waals surface area (Å²) in [6.45, 7) is 2.46. The number of benzene rings is 2. The lowest BCUT2D eigenvalue weighted by Crippen LogP contribution is -2.18. The Kier molecular flexibility index (Phi) is 6.13. The van der Waals surface area contributed by atoms with E-state index in [0.717, 1.165) is 5.69 Å². The van der Waals surface area contributed by atoms with Crippen LogP contribution in [0.2, 0.25) is 0 Å². The van der Waals surface area contributed by atoms with Crippen molar-refractivity contribution >= 4 is 34.7 Å². The first-order chi connectivity index (χ1) is 14.1. The van der Waals surface area contributed by atoms with Crippen molar-refractivity contribution in [1.82, 2.24) is 9.97 Å². The molecule has 1 heterocycles. The maximum atomic E-state index is 12.1. The highest BCUT2D eigenvalue weighted by Gasteiger charge is 2.19. The first-order valence-corrected chi connectivity index (χ1v) is 9.07. The van der Waals surface area contributed by atoms with Gasteiger partial charge >= 0.3 is 5.97 Å². The van der Waals surface area contributed by atoms with Crippen LogP contribution in [0, 0.1) is 0 Å². The first kappa shape index (κ1) is 19.9. The molecule has 3 rings (SSSR count). The van der Waals surface area contributed by atoms with Crippen LogP contribution in [0.25, 0.3) is 0 Å². The number of anilines is 5. The van der Waals surface area contributed by atoms with E-state index >= 15 is 0 Å². The topological polar surface area (TPSA) is 103 Å². The van der Waals surface area contributed by atoms with Crippen molar-refractivity contribution in [1.29, 1.82) is 0 Å². The number of rotatable bonds is 7. The normalized spacial score (nSPS) is 10.3. The summed E-state index contributed by atoms with van der Waals surface area (Å²) in [7, 11) is 3.12. The number of carbonyl (C=O) groups is 1. The molecule has 0 aliphatic heterocycles. The Hall–Kier alpha value is -3.81. The molecule has 1 aromatic heterocycles. The van der Waals surface area contributed by atoms with E-state index in [1.807, 2.05) is 37.3 Å². The SMILES string of the molecule is CCOc1ccccc1Nc1ncnc(N(C)c2ccccc2C(=O)OC)c1N. The van der Waals surface area contributed by atoms with E-state index in [4.69, 9.17) is 15.2 Å². The van der Waals surface area contributed by atoms with Gasteiger partial charge in [0, 0.05) is 7.05 Å². The number of ether oxygens (including phenoxy) is 2. The van der Waals surface area contributed by atoms with Crippen LogP contribution >= 0.6 is 0 Å². The second kappa shape index (κ2) is 8.92. The number of nitrogens with two attached hydrogens (primary N) is 1. The Labute approximate surface area is 169 Å². The number of aromatic nitrogens is 2. The minimum absolute atomic E-state index is 0.334. The quantitative estimate of drug-likeness (QED) is 0.585. The van der Waals surface area contributed by atoms with Crippen LogP contribution in [0.15, 0.2) is 54.9 Å². The predicted molar refractivity (Wildman–Crippen MR) is 113 cm³/mol. The fourth-order valence-corrected chi connectivity index (χ4v) is 2.89. The maximum absolute atomic E-state index is 12.1. The number of hydrogen-bond donors (Lipinski definition) is 2. The third kappa shape index (κ3) is 4.21. The van der Waals surface area contributed by atoms with Crippen molar-refractivity contribution in [2.45, 2.75) is 6.92 Å². The molecule has 0 unspecified atom stereocenters. The van der Waals surface area contributed by atoms with Crippen molar-refractivity contribution in [2.24, 2.45) is 0 Å². The molecule has 0 aliphatic carbocycles. The molecule has 0 saturated carbocycles. The zero-order valence-corrected chi connectivity index (χ0v) is 16.5. The van der Waals surface area contributed by atoms with E-state index < -0.39 is 5.97 Å². The van der Waals surface area contributed by atoms with Gasteiger partial charge in [-0.25, -0.2) is 14.8 Å². The summed E-state index contributed by atoms with van der Waals surface area (Å²) in [5, 5.41) is 3.20. The number of carbonyl (C=O) groups excluding carboxylic acids is 1. The average molecular weight is 393 g/mol. The van der Waals surface area contributed by atoms with Crippen LogP contribution in [-0.2, 0) is 4.74 Å². The number of nitrogens with one attached hydrogen (secondary N) is 1. The largest absolute Gasteiger partial charge is 0.492 e. The molecule has 0 saturated heterocycles. The number of nitrogen functional groups attached to an aromatic ring is 1. The van der Waals surface area contributed by atoms with Crippen LogP contribution in [-0.4, -0.2) is 36.7 Å². The van der Waals surface area contributed by atoms with Crippen LogP contribution in [0.4, 0.5) is 28.7 Å². The average Bonchev–Trinajstić information content (AvgIpc) is 2.75. The van der Waals surface area contributed by atoms with Gasteiger partial charge in [-0.3, -0.25) is 0 Å². The van der Waals surface area contributed by atoms with Gasteiger partial charge in [0.1, 0.15) is 17.8 Å².